The van der Waals surface area contributed by atoms with Crippen molar-refractivity contribution in [2.75, 3.05) is 43.0 Å². The van der Waals surface area contributed by atoms with Gasteiger partial charge in [0.2, 0.25) is 11.9 Å². The van der Waals surface area contributed by atoms with Crippen LogP contribution in [-0.4, -0.2) is 79.6 Å². The summed E-state index contributed by atoms with van der Waals surface area (Å²) in [6.45, 7) is 4.59. The molecule has 0 unspecified atom stereocenters. The number of anilines is 3. The Kier molecular flexibility index (Phi) is 8.30. The number of carbonyl (C=O) groups is 1. The zero-order valence-electron chi connectivity index (χ0n) is 26.2. The van der Waals surface area contributed by atoms with Crippen LogP contribution in [-0.2, 0) is 11.2 Å². The molecule has 1 amide bonds. The number of thiazole rings is 1. The molecule has 0 radical (unpaired) electrons. The van der Waals surface area contributed by atoms with E-state index in [1.54, 1.807) is 12.1 Å². The number of amides is 1. The molecule has 2 atom stereocenters. The van der Waals surface area contributed by atoms with Crippen molar-refractivity contribution in [2.45, 2.75) is 38.7 Å². The Hall–Kier alpha value is -4.93. The second-order valence-corrected chi connectivity index (χ2v) is 13.0. The van der Waals surface area contributed by atoms with Crippen LogP contribution >= 0.6 is 11.3 Å². The van der Waals surface area contributed by atoms with Crippen molar-refractivity contribution in [1.29, 1.82) is 5.26 Å². The molecule has 5 heterocycles. The monoisotopic (exact) mass is 651 g/mol. The molecule has 2 fully saturated rings. The number of hydrogen-bond donors (Lipinski definition) is 1. The van der Waals surface area contributed by atoms with Crippen LogP contribution < -0.4 is 9.80 Å². The van der Waals surface area contributed by atoms with E-state index in [4.69, 9.17) is 9.97 Å². The third-order valence-electron chi connectivity index (χ3n) is 9.04. The molecule has 7 rings (SSSR count). The van der Waals surface area contributed by atoms with E-state index < -0.39 is 0 Å². The quantitative estimate of drug-likeness (QED) is 0.257. The van der Waals surface area contributed by atoms with Gasteiger partial charge in [-0.25, -0.2) is 24.3 Å². The average Bonchev–Trinajstić information content (AvgIpc) is 3.84. The summed E-state index contributed by atoms with van der Waals surface area (Å²) in [5, 5.41) is 20.3. The minimum atomic E-state index is -0.356. The molecule has 0 spiro atoms. The van der Waals surface area contributed by atoms with E-state index in [0.29, 0.717) is 72.7 Å². The predicted octanol–water partition coefficient (Wildman–Crippen LogP) is 5.07. The maximum absolute atomic E-state index is 13.6. The van der Waals surface area contributed by atoms with Crippen LogP contribution in [0.25, 0.3) is 28.0 Å². The van der Waals surface area contributed by atoms with E-state index in [0.717, 1.165) is 34.7 Å². The van der Waals surface area contributed by atoms with Crippen molar-refractivity contribution in [1.82, 2.24) is 29.2 Å². The Morgan fingerprint density at radius 1 is 1.04 bits per heavy atom. The normalized spacial score (nSPS) is 18.1. The lowest BCUT2D eigenvalue weighted by Gasteiger charge is -2.36. The van der Waals surface area contributed by atoms with Crippen LogP contribution in [0.15, 0.2) is 55.0 Å². The second kappa shape index (κ2) is 12.7. The van der Waals surface area contributed by atoms with Crippen molar-refractivity contribution in [3.8, 4) is 28.5 Å². The summed E-state index contributed by atoms with van der Waals surface area (Å²) < 4.78 is 15.6. The van der Waals surface area contributed by atoms with Crippen molar-refractivity contribution in [2.24, 2.45) is 5.92 Å². The Morgan fingerprint density at radius 2 is 1.77 bits per heavy atom. The summed E-state index contributed by atoms with van der Waals surface area (Å²) in [6, 6.07) is 12.2. The van der Waals surface area contributed by atoms with Gasteiger partial charge < -0.3 is 19.8 Å². The number of nitriles is 1. The molecule has 5 aromatic rings. The van der Waals surface area contributed by atoms with Crippen LogP contribution in [0.1, 0.15) is 36.8 Å². The number of fused-ring (bicyclic) bond motifs is 1. The summed E-state index contributed by atoms with van der Waals surface area (Å²) >= 11 is 1.28. The number of carbonyl (C=O) groups excluding carboxylic acids is 1. The SMILES string of the molecule is CCc1nc2ccc(-c3cnc(N4CCN(C(=O)[C@H]5CC[C@@H](O)C5)CC4)nc3)cn2c1N(C)c1nc(-c2ccc(F)cc2)c(C#N)s1. The number of rotatable bonds is 7. The first-order valence-electron chi connectivity index (χ1n) is 15.8. The van der Waals surface area contributed by atoms with Crippen molar-refractivity contribution in [3.63, 3.8) is 0 Å². The molecule has 2 aliphatic rings. The summed E-state index contributed by atoms with van der Waals surface area (Å²) in [5.41, 5.74) is 4.63. The number of aryl methyl sites for hydroxylation is 1. The van der Waals surface area contributed by atoms with Gasteiger partial charge in [-0.05, 0) is 62.1 Å². The van der Waals surface area contributed by atoms with E-state index >= 15 is 0 Å². The molecule has 240 valence electrons. The molecule has 47 heavy (non-hydrogen) atoms. The average molecular weight is 652 g/mol. The maximum atomic E-state index is 13.6. The topological polar surface area (TPSA) is 127 Å². The first-order valence-corrected chi connectivity index (χ1v) is 16.6. The first-order chi connectivity index (χ1) is 22.8. The standard InChI is InChI=1S/C34H34FN9O2S/c1-3-27-31(41(2)34-40-30(28(17-36)47-34)21-4-8-25(35)9-5-21)44-20-23(7-11-29(44)39-27)24-18-37-33(38-19-24)43-14-12-42(13-15-43)32(46)22-6-10-26(45)16-22/h4-5,7-9,11,18-20,22,26,45H,3,6,10,12-16H2,1-2H3/t22-,26+/m0/s1. The van der Waals surface area contributed by atoms with Gasteiger partial charge in [0, 0.05) is 74.4 Å². The number of nitrogens with zero attached hydrogens (tertiary/aromatic N) is 9. The minimum absolute atomic E-state index is 0.0656. The van der Waals surface area contributed by atoms with Gasteiger partial charge in [0.15, 0.2) is 5.13 Å². The van der Waals surface area contributed by atoms with Gasteiger partial charge in [0.05, 0.1) is 11.8 Å². The molecule has 13 heteroatoms. The highest BCUT2D eigenvalue weighted by Crippen LogP contribution is 2.37. The molecule has 11 nitrogen and oxygen atoms in total. The fourth-order valence-electron chi connectivity index (χ4n) is 6.47. The second-order valence-electron chi connectivity index (χ2n) is 12.0. The third-order valence-corrected chi connectivity index (χ3v) is 10.1. The lowest BCUT2D eigenvalue weighted by molar-refractivity contribution is -0.135. The highest BCUT2D eigenvalue weighted by Gasteiger charge is 2.33. The lowest BCUT2D eigenvalue weighted by Crippen LogP contribution is -2.50. The number of hydrogen-bond acceptors (Lipinski definition) is 10. The summed E-state index contributed by atoms with van der Waals surface area (Å²) in [7, 11) is 1.91. The fourth-order valence-corrected chi connectivity index (χ4v) is 7.32. The van der Waals surface area contributed by atoms with Crippen LogP contribution in [0, 0.1) is 23.1 Å². The van der Waals surface area contributed by atoms with Crippen molar-refractivity contribution < 1.29 is 14.3 Å². The van der Waals surface area contributed by atoms with Gasteiger partial charge in [-0.1, -0.05) is 18.3 Å². The van der Waals surface area contributed by atoms with Crippen LogP contribution in [0.4, 0.5) is 21.3 Å². The Labute approximate surface area is 275 Å². The summed E-state index contributed by atoms with van der Waals surface area (Å²) in [5.74, 6) is 1.21. The maximum Gasteiger partial charge on any atom is 0.225 e. The minimum Gasteiger partial charge on any atom is -0.393 e. The Morgan fingerprint density at radius 3 is 2.43 bits per heavy atom. The number of aliphatic hydroxyl groups excluding tert-OH is 1. The Balaban J connectivity index is 1.11. The molecule has 1 saturated carbocycles. The summed E-state index contributed by atoms with van der Waals surface area (Å²) in [4.78, 5) is 38.3. The first kappa shape index (κ1) is 30.7. The third kappa shape index (κ3) is 5.90. The number of aliphatic hydroxyl groups is 1. The molecule has 0 bridgehead atoms. The zero-order chi connectivity index (χ0) is 32.7. The molecule has 1 N–H and O–H groups in total. The summed E-state index contributed by atoms with van der Waals surface area (Å²) in [6.07, 6.45) is 8.01. The van der Waals surface area contributed by atoms with Gasteiger partial charge in [-0.3, -0.25) is 9.20 Å². The molecular weight excluding hydrogens is 618 g/mol. The lowest BCUT2D eigenvalue weighted by atomic mass is 10.1. The van der Waals surface area contributed by atoms with Crippen molar-refractivity contribution >= 4 is 39.8 Å². The number of piperazine rings is 1. The molecule has 1 saturated heterocycles. The van der Waals surface area contributed by atoms with Gasteiger partial charge in [-0.2, -0.15) is 5.26 Å². The van der Waals surface area contributed by atoms with E-state index in [1.807, 2.05) is 58.9 Å². The van der Waals surface area contributed by atoms with E-state index in [1.165, 1.54) is 23.5 Å². The van der Waals surface area contributed by atoms with Crippen molar-refractivity contribution in [3.05, 3.63) is 71.4 Å². The number of aromatic nitrogens is 5. The molecular formula is C34H34FN9O2S. The molecule has 1 aliphatic heterocycles. The van der Waals surface area contributed by atoms with Gasteiger partial charge >= 0.3 is 0 Å². The predicted molar refractivity (Wildman–Crippen MR) is 178 cm³/mol. The zero-order valence-corrected chi connectivity index (χ0v) is 27.0. The van der Waals surface area contributed by atoms with Gasteiger partial charge in [0.1, 0.15) is 33.9 Å². The number of pyridine rings is 1. The fraction of sp³-hybridized carbons (Fsp3) is 0.353. The van der Waals surface area contributed by atoms with Crippen LogP contribution in [0.3, 0.4) is 0 Å². The van der Waals surface area contributed by atoms with Gasteiger partial charge in [-0.15, -0.1) is 0 Å². The highest BCUT2D eigenvalue weighted by atomic mass is 32.1. The largest absolute Gasteiger partial charge is 0.393 e. The van der Waals surface area contributed by atoms with Gasteiger partial charge in [0.25, 0.3) is 0 Å². The van der Waals surface area contributed by atoms with E-state index in [9.17, 15) is 19.6 Å². The molecule has 1 aliphatic carbocycles. The highest BCUT2D eigenvalue weighted by molar-refractivity contribution is 7.16. The molecule has 4 aromatic heterocycles. The Bertz CT molecular complexity index is 1960. The van der Waals surface area contributed by atoms with Crippen LogP contribution in [0.2, 0.25) is 0 Å². The number of halogens is 1. The number of imidazole rings is 1. The molecule has 1 aromatic carbocycles. The van der Waals surface area contributed by atoms with E-state index in [2.05, 4.69) is 20.9 Å². The number of benzene rings is 1. The smallest absolute Gasteiger partial charge is 0.225 e. The van der Waals surface area contributed by atoms with Crippen LogP contribution in [0.5, 0.6) is 0 Å². The van der Waals surface area contributed by atoms with E-state index in [-0.39, 0.29) is 23.7 Å².